The standard InChI is InChI=1S/C46H63ClN4O13S/c1-26-9-8-10-35(60-7)46(58)24-33(62-44(57)49-46)27(2)41-45(3,64-41)36(23-37(52)50(5)31-20-29(19-26)21-32(59-6)40(31)47)63-39(54)15-16-61-17-18-65-34-22-38(53)51(43(34)56)25-28-11-13-30(14-12-28)42(55)48-4/h8-10,20-21,27-28,30,33-36,41,58H,11-19,22-25H2,1-7H3,(H,48,55)(H,49,57)/b10-8+,26-9+/t27-,28?,30?,33+,34?,35-,36+,41+,45?,46+/m1/s1. The largest absolute Gasteiger partial charge is 0.495 e. The van der Waals surface area contributed by atoms with Crippen molar-refractivity contribution in [1.82, 2.24) is 15.5 Å². The number of ether oxygens (including phenoxy) is 6. The first-order valence-corrected chi connectivity index (χ1v) is 23.7. The van der Waals surface area contributed by atoms with Crippen molar-refractivity contribution in [3.05, 3.63) is 46.5 Å². The molecule has 0 spiro atoms. The third-order valence-electron chi connectivity index (χ3n) is 13.3. The van der Waals surface area contributed by atoms with E-state index >= 15 is 0 Å². The van der Waals surface area contributed by atoms with E-state index in [1.165, 1.54) is 35.8 Å². The van der Waals surface area contributed by atoms with Gasteiger partial charge in [0.15, 0.2) is 5.72 Å². The van der Waals surface area contributed by atoms with Crippen LogP contribution in [-0.2, 0) is 54.1 Å². The molecule has 4 bridgehead atoms. The van der Waals surface area contributed by atoms with Crippen molar-refractivity contribution in [3.63, 3.8) is 0 Å². The summed E-state index contributed by atoms with van der Waals surface area (Å²) in [5.41, 5.74) is -0.922. The van der Waals surface area contributed by atoms with Crippen LogP contribution in [0.3, 0.4) is 0 Å². The molecule has 0 radical (unpaired) electrons. The first kappa shape index (κ1) is 50.2. The molecule has 65 heavy (non-hydrogen) atoms. The number of fused-ring (bicyclic) bond motifs is 5. The van der Waals surface area contributed by atoms with E-state index in [0.29, 0.717) is 30.2 Å². The minimum atomic E-state index is -1.84. The third kappa shape index (κ3) is 11.9. The Labute approximate surface area is 389 Å². The lowest BCUT2D eigenvalue weighted by Gasteiger charge is -2.42. The molecule has 2 unspecified atom stereocenters. The number of epoxide rings is 1. The number of rotatable bonds is 13. The van der Waals surface area contributed by atoms with Crippen LogP contribution in [0.15, 0.2) is 35.9 Å². The highest BCUT2D eigenvalue weighted by Crippen LogP contribution is 2.49. The molecule has 4 heterocycles. The fraction of sp³-hybridized carbons (Fsp3) is 0.652. The Balaban J connectivity index is 1.09. The number of carbonyl (C=O) groups is 6. The van der Waals surface area contributed by atoms with E-state index in [0.717, 1.165) is 36.8 Å². The number of benzene rings is 1. The van der Waals surface area contributed by atoms with Crippen LogP contribution in [0.25, 0.3) is 0 Å². The first-order chi connectivity index (χ1) is 30.9. The van der Waals surface area contributed by atoms with Gasteiger partial charge in [-0.1, -0.05) is 42.3 Å². The van der Waals surface area contributed by atoms with Gasteiger partial charge in [0.25, 0.3) is 0 Å². The number of carbonyl (C=O) groups excluding carboxylic acids is 6. The Bertz CT molecular complexity index is 2030. The molecule has 8 atom stereocenters. The molecule has 4 fully saturated rings. The van der Waals surface area contributed by atoms with Gasteiger partial charge in [-0.3, -0.25) is 34.2 Å². The molecule has 1 saturated carbocycles. The monoisotopic (exact) mass is 946 g/mol. The molecule has 5 amide bonds. The van der Waals surface area contributed by atoms with Gasteiger partial charge in [0, 0.05) is 58.2 Å². The summed E-state index contributed by atoms with van der Waals surface area (Å²) in [5.74, 6) is -1.02. The van der Waals surface area contributed by atoms with Crippen molar-refractivity contribution >= 4 is 64.7 Å². The number of nitrogens with zero attached hydrogens (tertiary/aromatic N) is 2. The van der Waals surface area contributed by atoms with Crippen molar-refractivity contribution in [2.75, 3.05) is 58.7 Å². The number of methoxy groups -OCH3 is 2. The highest BCUT2D eigenvalue weighted by atomic mass is 35.5. The van der Waals surface area contributed by atoms with Gasteiger partial charge in [-0.05, 0) is 69.6 Å². The van der Waals surface area contributed by atoms with Gasteiger partial charge in [0.05, 0.1) is 50.2 Å². The number of hydrogen-bond acceptors (Lipinski definition) is 14. The zero-order chi connectivity index (χ0) is 47.2. The highest BCUT2D eigenvalue weighted by Gasteiger charge is 2.64. The van der Waals surface area contributed by atoms with Crippen molar-refractivity contribution < 1.29 is 62.3 Å². The van der Waals surface area contributed by atoms with Crippen LogP contribution in [0.5, 0.6) is 5.75 Å². The van der Waals surface area contributed by atoms with Crippen LogP contribution in [0.2, 0.25) is 5.02 Å². The van der Waals surface area contributed by atoms with Gasteiger partial charge >= 0.3 is 12.1 Å². The van der Waals surface area contributed by atoms with E-state index in [2.05, 4.69) is 10.6 Å². The predicted octanol–water partition coefficient (Wildman–Crippen LogP) is 4.49. The molecule has 1 aromatic carbocycles. The van der Waals surface area contributed by atoms with Crippen LogP contribution < -0.4 is 20.3 Å². The average Bonchev–Trinajstić information content (AvgIpc) is 3.90. The summed E-state index contributed by atoms with van der Waals surface area (Å²) in [6.07, 6.45) is 3.97. The number of thioether (sulfide) groups is 1. The quantitative estimate of drug-likeness (QED) is 0.108. The number of amides is 5. The summed E-state index contributed by atoms with van der Waals surface area (Å²) in [6.45, 7) is 6.03. The maximum atomic E-state index is 14.2. The maximum absolute atomic E-state index is 14.2. The first-order valence-electron chi connectivity index (χ1n) is 22.2. The number of likely N-dealkylation sites (tertiary alicyclic amines) is 1. The summed E-state index contributed by atoms with van der Waals surface area (Å²) < 4.78 is 35.0. The van der Waals surface area contributed by atoms with Gasteiger partial charge in [0.2, 0.25) is 23.6 Å². The summed E-state index contributed by atoms with van der Waals surface area (Å²) in [5, 5.41) is 16.7. The zero-order valence-electron chi connectivity index (χ0n) is 38.2. The lowest BCUT2D eigenvalue weighted by molar-refractivity contribution is -0.155. The SMILES string of the molecule is CNC(=O)C1CCC(CN2C(=O)CC(SCCOCCC(=O)O[C@H]3CC(=O)N(C)c4cc(cc(OC)c4Cl)C/C(C)=C/C=C/[C@@H](OC)[C@@]4(O)C[C@H](OC(=O)N4)[C@@H](C)[C@@H]4OC34C)C2=O)CC1. The minimum Gasteiger partial charge on any atom is -0.495 e. The molecule has 17 nitrogen and oxygen atoms in total. The second-order valence-electron chi connectivity index (χ2n) is 17.9. The Morgan fingerprint density at radius 1 is 1.08 bits per heavy atom. The van der Waals surface area contributed by atoms with Crippen LogP contribution in [0, 0.1) is 17.8 Å². The number of nitrogens with one attached hydrogen (secondary N) is 2. The third-order valence-corrected chi connectivity index (χ3v) is 14.9. The Kier molecular flexibility index (Phi) is 16.7. The smallest absolute Gasteiger partial charge is 0.409 e. The minimum absolute atomic E-state index is 0.00542. The summed E-state index contributed by atoms with van der Waals surface area (Å²) in [7, 11) is 6.13. The second-order valence-corrected chi connectivity index (χ2v) is 19.6. The maximum Gasteiger partial charge on any atom is 0.409 e. The number of allylic oxidation sites excluding steroid dienone is 3. The topological polar surface area (TPSA) is 212 Å². The lowest BCUT2D eigenvalue weighted by Crippen LogP contribution is -2.63. The summed E-state index contributed by atoms with van der Waals surface area (Å²) in [4.78, 5) is 81.4. The Morgan fingerprint density at radius 2 is 1.82 bits per heavy atom. The van der Waals surface area contributed by atoms with E-state index in [9.17, 15) is 33.9 Å². The Morgan fingerprint density at radius 3 is 2.51 bits per heavy atom. The van der Waals surface area contributed by atoms with E-state index < -0.39 is 64.9 Å². The molecule has 5 aliphatic rings. The molecule has 1 aliphatic carbocycles. The van der Waals surface area contributed by atoms with Gasteiger partial charge in [0.1, 0.15) is 34.7 Å². The zero-order valence-corrected chi connectivity index (χ0v) is 39.8. The number of aliphatic hydroxyl groups is 1. The molecule has 358 valence electrons. The van der Waals surface area contributed by atoms with Gasteiger partial charge in [-0.25, -0.2) is 4.79 Å². The number of alkyl carbamates (subject to hydrolysis) is 1. The van der Waals surface area contributed by atoms with Crippen LogP contribution in [0.1, 0.15) is 77.7 Å². The van der Waals surface area contributed by atoms with Gasteiger partial charge < -0.3 is 43.7 Å². The van der Waals surface area contributed by atoms with Crippen molar-refractivity contribution in [2.24, 2.45) is 17.8 Å². The van der Waals surface area contributed by atoms with E-state index in [1.54, 1.807) is 52.2 Å². The fourth-order valence-corrected chi connectivity index (χ4v) is 10.7. The average molecular weight is 948 g/mol. The van der Waals surface area contributed by atoms with Gasteiger partial charge in [-0.2, -0.15) is 0 Å². The summed E-state index contributed by atoms with van der Waals surface area (Å²) in [6, 6.07) is 3.58. The molecular weight excluding hydrogens is 884 g/mol. The van der Waals surface area contributed by atoms with Crippen molar-refractivity contribution in [1.29, 1.82) is 0 Å². The van der Waals surface area contributed by atoms with E-state index in [4.69, 9.17) is 40.0 Å². The summed E-state index contributed by atoms with van der Waals surface area (Å²) >= 11 is 8.12. The molecule has 0 aromatic heterocycles. The molecular formula is C46H63ClN4O13S. The highest BCUT2D eigenvalue weighted by molar-refractivity contribution is 8.00. The molecule has 1 aromatic rings. The molecule has 6 rings (SSSR count). The number of imide groups is 1. The number of halogens is 1. The van der Waals surface area contributed by atoms with Crippen LogP contribution >= 0.6 is 23.4 Å². The molecule has 3 N–H and O–H groups in total. The van der Waals surface area contributed by atoms with Crippen LogP contribution in [-0.4, -0.2) is 141 Å². The predicted molar refractivity (Wildman–Crippen MR) is 241 cm³/mol. The van der Waals surface area contributed by atoms with Crippen LogP contribution in [0.4, 0.5) is 10.5 Å². The lowest BCUT2D eigenvalue weighted by atomic mass is 9.81. The number of hydrogen-bond donors (Lipinski definition) is 3. The number of esters is 1. The number of anilines is 1. The molecule has 4 aliphatic heterocycles. The van der Waals surface area contributed by atoms with Crippen molar-refractivity contribution in [2.45, 2.75) is 120 Å². The second kappa shape index (κ2) is 21.6. The Hall–Kier alpha value is -4.20. The van der Waals surface area contributed by atoms with E-state index in [-0.39, 0.29) is 73.5 Å². The van der Waals surface area contributed by atoms with Crippen molar-refractivity contribution in [3.8, 4) is 5.75 Å². The molecule has 3 saturated heterocycles. The molecule has 19 heteroatoms. The van der Waals surface area contributed by atoms with E-state index in [1.807, 2.05) is 13.0 Å². The van der Waals surface area contributed by atoms with Gasteiger partial charge in [-0.15, -0.1) is 11.8 Å². The fourth-order valence-electron chi connectivity index (χ4n) is 9.37. The normalized spacial score (nSPS) is 33.3.